The van der Waals surface area contributed by atoms with Crippen molar-refractivity contribution in [3.8, 4) is 6.07 Å². The number of hydrogen-bond donors (Lipinski definition) is 0. The fourth-order valence-corrected chi connectivity index (χ4v) is 1.17. The summed E-state index contributed by atoms with van der Waals surface area (Å²) < 4.78 is 4.77. The molecule has 0 aromatic carbocycles. The minimum Gasteiger partial charge on any atom is -0.439 e. The molecule has 5 nitrogen and oxygen atoms in total. The summed E-state index contributed by atoms with van der Waals surface area (Å²) in [5, 5.41) is 8.80. The van der Waals surface area contributed by atoms with Crippen molar-refractivity contribution in [3.63, 3.8) is 0 Å². The third-order valence-electron chi connectivity index (χ3n) is 1.64. The van der Waals surface area contributed by atoms with Crippen LogP contribution in [0.1, 0.15) is 30.2 Å². The number of nitrogens with zero attached hydrogens (tertiary/aromatic N) is 3. The van der Waals surface area contributed by atoms with Crippen molar-refractivity contribution in [3.05, 3.63) is 23.3 Å². The van der Waals surface area contributed by atoms with Crippen LogP contribution in [0.5, 0.6) is 0 Å². The minimum atomic E-state index is -1.03. The molecule has 1 aromatic rings. The van der Waals surface area contributed by atoms with Gasteiger partial charge in [-0.1, -0.05) is 0 Å². The first kappa shape index (κ1) is 11.1. The average Bonchev–Trinajstić information content (AvgIpc) is 2.12. The molecule has 1 unspecified atom stereocenters. The number of hydrogen-bond acceptors (Lipinski definition) is 5. The van der Waals surface area contributed by atoms with Crippen LogP contribution in [0.15, 0.2) is 6.07 Å². The molecule has 0 amide bonds. The zero-order valence-corrected chi connectivity index (χ0v) is 8.81. The topological polar surface area (TPSA) is 75.9 Å². The number of aromatic nitrogens is 2. The van der Waals surface area contributed by atoms with Gasteiger partial charge < -0.3 is 4.74 Å². The molecule has 78 valence electrons. The van der Waals surface area contributed by atoms with Gasteiger partial charge in [0.05, 0.1) is 0 Å². The van der Waals surface area contributed by atoms with E-state index in [1.54, 1.807) is 19.9 Å². The Morgan fingerprint density at radius 1 is 1.47 bits per heavy atom. The molecule has 0 fully saturated rings. The number of ether oxygens (including phenoxy) is 1. The van der Waals surface area contributed by atoms with E-state index in [1.165, 1.54) is 6.92 Å². The Morgan fingerprint density at radius 3 is 2.40 bits per heavy atom. The van der Waals surface area contributed by atoms with E-state index in [0.29, 0.717) is 0 Å². The molecule has 0 aliphatic carbocycles. The predicted octanol–water partition coefficient (Wildman–Crippen LogP) is 1.22. The van der Waals surface area contributed by atoms with Gasteiger partial charge in [-0.15, -0.1) is 0 Å². The molecule has 1 rings (SSSR count). The molecule has 0 N–H and O–H groups in total. The van der Waals surface area contributed by atoms with Crippen molar-refractivity contribution in [1.29, 1.82) is 5.26 Å². The van der Waals surface area contributed by atoms with Crippen molar-refractivity contribution >= 4 is 5.97 Å². The quantitative estimate of drug-likeness (QED) is 0.678. The molecule has 0 saturated carbocycles. The van der Waals surface area contributed by atoms with Crippen LogP contribution in [-0.4, -0.2) is 15.9 Å². The normalized spacial score (nSPS) is 11.6. The third-order valence-corrected chi connectivity index (χ3v) is 1.64. The lowest BCUT2D eigenvalue weighted by atomic mass is 10.3. The number of nitriles is 1. The van der Waals surface area contributed by atoms with Gasteiger partial charge >= 0.3 is 5.97 Å². The summed E-state index contributed by atoms with van der Waals surface area (Å²) in [5.41, 5.74) is 1.48. The maximum absolute atomic E-state index is 10.7. The van der Waals surface area contributed by atoms with Crippen LogP contribution in [-0.2, 0) is 9.53 Å². The van der Waals surface area contributed by atoms with E-state index in [-0.39, 0.29) is 5.82 Å². The lowest BCUT2D eigenvalue weighted by molar-refractivity contribution is -0.144. The molecular formula is C10H11N3O2. The van der Waals surface area contributed by atoms with Crippen LogP contribution in [0.25, 0.3) is 0 Å². The highest BCUT2D eigenvalue weighted by Gasteiger charge is 2.17. The van der Waals surface area contributed by atoms with Gasteiger partial charge in [0.15, 0.2) is 5.82 Å². The number of aryl methyl sites for hydroxylation is 2. The second-order valence-electron chi connectivity index (χ2n) is 3.13. The monoisotopic (exact) mass is 205 g/mol. The molecule has 0 saturated heterocycles. The molecule has 0 radical (unpaired) electrons. The molecule has 5 heteroatoms. The first-order valence-electron chi connectivity index (χ1n) is 4.42. The third kappa shape index (κ3) is 3.02. The van der Waals surface area contributed by atoms with Crippen molar-refractivity contribution < 1.29 is 9.53 Å². The smallest absolute Gasteiger partial charge is 0.304 e. The van der Waals surface area contributed by atoms with Gasteiger partial charge in [-0.25, -0.2) is 9.97 Å². The molecule has 15 heavy (non-hydrogen) atoms. The number of esters is 1. The largest absolute Gasteiger partial charge is 0.439 e. The van der Waals surface area contributed by atoms with E-state index in [0.717, 1.165) is 11.4 Å². The molecule has 1 heterocycles. The molecule has 0 aliphatic rings. The van der Waals surface area contributed by atoms with E-state index >= 15 is 0 Å². The Bertz CT molecular complexity index is 403. The van der Waals surface area contributed by atoms with Gasteiger partial charge in [0.25, 0.3) is 0 Å². The fourth-order valence-electron chi connectivity index (χ4n) is 1.17. The standard InChI is InChI=1S/C10H11N3O2/c1-6-4-7(2)13-10(12-6)9(5-11)15-8(3)14/h4,9H,1-3H3. The maximum atomic E-state index is 10.7. The van der Waals surface area contributed by atoms with E-state index in [2.05, 4.69) is 9.97 Å². The van der Waals surface area contributed by atoms with Gasteiger partial charge in [0.2, 0.25) is 6.10 Å². The second-order valence-corrected chi connectivity index (χ2v) is 3.13. The summed E-state index contributed by atoms with van der Waals surface area (Å²) in [4.78, 5) is 18.8. The van der Waals surface area contributed by atoms with E-state index in [1.807, 2.05) is 6.07 Å². The highest BCUT2D eigenvalue weighted by Crippen LogP contribution is 2.13. The summed E-state index contributed by atoms with van der Waals surface area (Å²) >= 11 is 0. The predicted molar refractivity (Wildman–Crippen MR) is 51.6 cm³/mol. The van der Waals surface area contributed by atoms with Crippen LogP contribution in [0.2, 0.25) is 0 Å². The van der Waals surface area contributed by atoms with E-state index < -0.39 is 12.1 Å². The van der Waals surface area contributed by atoms with Crippen LogP contribution >= 0.6 is 0 Å². The van der Waals surface area contributed by atoms with Crippen LogP contribution < -0.4 is 0 Å². The Morgan fingerprint density at radius 2 is 2.00 bits per heavy atom. The molecule has 1 aromatic heterocycles. The van der Waals surface area contributed by atoms with Gasteiger partial charge in [0, 0.05) is 18.3 Å². The lowest BCUT2D eigenvalue weighted by Crippen LogP contribution is -2.11. The Kier molecular flexibility index (Phi) is 3.34. The van der Waals surface area contributed by atoms with Gasteiger partial charge in [-0.3, -0.25) is 4.79 Å². The van der Waals surface area contributed by atoms with Crippen molar-refractivity contribution in [2.45, 2.75) is 26.9 Å². The van der Waals surface area contributed by atoms with Gasteiger partial charge in [-0.2, -0.15) is 5.26 Å². The summed E-state index contributed by atoms with van der Waals surface area (Å²) in [6, 6.07) is 3.62. The highest BCUT2D eigenvalue weighted by molar-refractivity contribution is 5.66. The first-order chi connectivity index (χ1) is 7.02. The molecular weight excluding hydrogens is 194 g/mol. The first-order valence-corrected chi connectivity index (χ1v) is 4.42. The Labute approximate surface area is 87.7 Å². The number of carbonyl (C=O) groups excluding carboxylic acids is 1. The van der Waals surface area contributed by atoms with E-state index in [9.17, 15) is 4.79 Å². The van der Waals surface area contributed by atoms with Gasteiger partial charge in [-0.05, 0) is 19.9 Å². The second kappa shape index (κ2) is 4.51. The van der Waals surface area contributed by atoms with Crippen LogP contribution in [0.3, 0.4) is 0 Å². The fraction of sp³-hybridized carbons (Fsp3) is 0.400. The summed E-state index contributed by atoms with van der Waals surface area (Å²) in [6.45, 7) is 4.83. The summed E-state index contributed by atoms with van der Waals surface area (Å²) in [6.07, 6.45) is -1.03. The van der Waals surface area contributed by atoms with Crippen molar-refractivity contribution in [2.75, 3.05) is 0 Å². The molecule has 0 aliphatic heterocycles. The SMILES string of the molecule is CC(=O)OC(C#N)c1nc(C)cc(C)n1. The summed E-state index contributed by atoms with van der Waals surface area (Å²) in [7, 11) is 0. The average molecular weight is 205 g/mol. The zero-order valence-electron chi connectivity index (χ0n) is 8.81. The van der Waals surface area contributed by atoms with Crippen LogP contribution in [0.4, 0.5) is 0 Å². The maximum Gasteiger partial charge on any atom is 0.304 e. The molecule has 0 bridgehead atoms. The van der Waals surface area contributed by atoms with Crippen molar-refractivity contribution in [2.24, 2.45) is 0 Å². The minimum absolute atomic E-state index is 0.227. The van der Waals surface area contributed by atoms with Crippen molar-refractivity contribution in [1.82, 2.24) is 9.97 Å². The number of carbonyl (C=O) groups is 1. The lowest BCUT2D eigenvalue weighted by Gasteiger charge is -2.08. The Hall–Kier alpha value is -1.96. The van der Waals surface area contributed by atoms with Crippen LogP contribution in [0, 0.1) is 25.2 Å². The van der Waals surface area contributed by atoms with Gasteiger partial charge in [0.1, 0.15) is 6.07 Å². The molecule has 1 atom stereocenters. The number of rotatable bonds is 2. The summed E-state index contributed by atoms with van der Waals surface area (Å²) in [5.74, 6) is -0.297. The zero-order chi connectivity index (χ0) is 11.4. The molecule has 0 spiro atoms. The van der Waals surface area contributed by atoms with E-state index in [4.69, 9.17) is 10.00 Å². The highest BCUT2D eigenvalue weighted by atomic mass is 16.5. The Balaban J connectivity index is 3.02.